The predicted molar refractivity (Wildman–Crippen MR) is 112 cm³/mol. The number of aryl methyl sites for hydroxylation is 2. The second kappa shape index (κ2) is 8.00. The Bertz CT molecular complexity index is 1030. The first kappa shape index (κ1) is 21.1. The third kappa shape index (κ3) is 4.68. The zero-order valence-corrected chi connectivity index (χ0v) is 17.7. The van der Waals surface area contributed by atoms with Gasteiger partial charge in [-0.3, -0.25) is 14.8 Å². The molecule has 0 aliphatic carbocycles. The summed E-state index contributed by atoms with van der Waals surface area (Å²) in [6.45, 7) is 8.52. The molecule has 3 rings (SSSR count). The van der Waals surface area contributed by atoms with Crippen LogP contribution in [0.15, 0.2) is 41.3 Å². The molecule has 29 heavy (non-hydrogen) atoms. The van der Waals surface area contributed by atoms with Crippen LogP contribution in [0.2, 0.25) is 0 Å². The van der Waals surface area contributed by atoms with Crippen molar-refractivity contribution in [3.8, 4) is 0 Å². The number of hydrogen-bond acceptors (Lipinski definition) is 6. The van der Waals surface area contributed by atoms with Crippen molar-refractivity contribution in [3.63, 3.8) is 0 Å². The van der Waals surface area contributed by atoms with E-state index in [9.17, 15) is 18.5 Å². The number of nitrogens with zero attached hydrogens (tertiary/aromatic N) is 2. The van der Waals surface area contributed by atoms with Crippen LogP contribution in [0.5, 0.6) is 0 Å². The molecular weight excluding hydrogens is 394 g/mol. The van der Waals surface area contributed by atoms with Gasteiger partial charge < -0.3 is 9.64 Å². The van der Waals surface area contributed by atoms with Crippen molar-refractivity contribution in [2.75, 3.05) is 22.7 Å². The minimum Gasteiger partial charge on any atom is -0.372 e. The highest BCUT2D eigenvalue weighted by Gasteiger charge is 2.29. The molecule has 1 aliphatic heterocycles. The molecule has 2 aromatic carbocycles. The van der Waals surface area contributed by atoms with Gasteiger partial charge in [0.2, 0.25) is 0 Å². The van der Waals surface area contributed by atoms with Crippen LogP contribution in [0.25, 0.3) is 0 Å². The molecule has 0 aromatic heterocycles. The minimum atomic E-state index is -3.97. The SMILES string of the molecule is Cc1ccc(NS(=O)(=O)c2ccc(N3CC(C)OC(C)C3)c([N+](=O)[O-])c2)c(C)c1. The maximum absolute atomic E-state index is 12.8. The maximum atomic E-state index is 12.8. The second-order valence-corrected chi connectivity index (χ2v) is 9.18. The Hall–Kier alpha value is -2.65. The molecule has 1 fully saturated rings. The summed E-state index contributed by atoms with van der Waals surface area (Å²) >= 11 is 0. The largest absolute Gasteiger partial charge is 0.372 e. The van der Waals surface area contributed by atoms with Gasteiger partial charge in [-0.05, 0) is 51.5 Å². The zero-order chi connectivity index (χ0) is 21.3. The number of morpholine rings is 1. The van der Waals surface area contributed by atoms with Crippen LogP contribution < -0.4 is 9.62 Å². The second-order valence-electron chi connectivity index (χ2n) is 7.49. The van der Waals surface area contributed by atoms with E-state index in [1.54, 1.807) is 19.1 Å². The van der Waals surface area contributed by atoms with Gasteiger partial charge in [0.05, 0.1) is 27.7 Å². The Balaban J connectivity index is 1.96. The first-order valence-electron chi connectivity index (χ1n) is 9.36. The van der Waals surface area contributed by atoms with E-state index in [0.29, 0.717) is 24.5 Å². The molecule has 0 bridgehead atoms. The van der Waals surface area contributed by atoms with Gasteiger partial charge in [0, 0.05) is 19.2 Å². The van der Waals surface area contributed by atoms with E-state index in [-0.39, 0.29) is 22.8 Å². The Morgan fingerprint density at radius 2 is 1.76 bits per heavy atom. The Morgan fingerprint density at radius 1 is 1.10 bits per heavy atom. The monoisotopic (exact) mass is 419 g/mol. The van der Waals surface area contributed by atoms with Gasteiger partial charge in [0.15, 0.2) is 0 Å². The van der Waals surface area contributed by atoms with Crippen LogP contribution in [-0.4, -0.2) is 38.6 Å². The van der Waals surface area contributed by atoms with Gasteiger partial charge in [-0.1, -0.05) is 17.7 Å². The topological polar surface area (TPSA) is 102 Å². The summed E-state index contributed by atoms with van der Waals surface area (Å²) in [5.74, 6) is 0. The van der Waals surface area contributed by atoms with Crippen molar-refractivity contribution >= 4 is 27.1 Å². The molecule has 2 unspecified atom stereocenters. The highest BCUT2D eigenvalue weighted by molar-refractivity contribution is 7.92. The lowest BCUT2D eigenvalue weighted by atomic mass is 10.1. The molecule has 0 radical (unpaired) electrons. The summed E-state index contributed by atoms with van der Waals surface area (Å²) in [6.07, 6.45) is -0.152. The fraction of sp³-hybridized carbons (Fsp3) is 0.400. The number of nitrogens with one attached hydrogen (secondary N) is 1. The lowest BCUT2D eigenvalue weighted by molar-refractivity contribution is -0.384. The molecule has 2 atom stereocenters. The molecule has 9 heteroatoms. The Labute approximate surface area is 170 Å². The summed E-state index contributed by atoms with van der Waals surface area (Å²) in [7, 11) is -3.97. The van der Waals surface area contributed by atoms with Crippen LogP contribution in [0, 0.1) is 24.0 Å². The van der Waals surface area contributed by atoms with Crippen molar-refractivity contribution in [3.05, 3.63) is 57.6 Å². The van der Waals surface area contributed by atoms with Crippen LogP contribution in [-0.2, 0) is 14.8 Å². The molecule has 1 N–H and O–H groups in total. The lowest BCUT2D eigenvalue weighted by Gasteiger charge is -2.36. The Kier molecular flexibility index (Phi) is 5.81. The minimum absolute atomic E-state index is 0.0760. The molecule has 0 amide bonds. The molecule has 1 saturated heterocycles. The van der Waals surface area contributed by atoms with Crippen LogP contribution in [0.4, 0.5) is 17.1 Å². The van der Waals surface area contributed by atoms with E-state index in [4.69, 9.17) is 4.74 Å². The van der Waals surface area contributed by atoms with Gasteiger partial charge in [0.25, 0.3) is 15.7 Å². The van der Waals surface area contributed by atoms with Crippen molar-refractivity contribution in [1.29, 1.82) is 0 Å². The van der Waals surface area contributed by atoms with Gasteiger partial charge in [-0.25, -0.2) is 8.42 Å². The number of benzene rings is 2. The molecule has 1 heterocycles. The summed E-state index contributed by atoms with van der Waals surface area (Å²) in [5.41, 5.74) is 2.38. The summed E-state index contributed by atoms with van der Waals surface area (Å²) in [4.78, 5) is 12.9. The fourth-order valence-electron chi connectivity index (χ4n) is 3.59. The average molecular weight is 420 g/mol. The molecular formula is C20H25N3O5S. The fourth-order valence-corrected chi connectivity index (χ4v) is 4.74. The standard InChI is InChI=1S/C20H25N3O5S/c1-13-5-7-18(14(2)9-13)21-29(26,27)17-6-8-19(20(10-17)23(24)25)22-11-15(3)28-16(4)12-22/h5-10,15-16,21H,11-12H2,1-4H3. The van der Waals surface area contributed by atoms with E-state index < -0.39 is 14.9 Å². The van der Waals surface area contributed by atoms with E-state index in [0.717, 1.165) is 17.2 Å². The van der Waals surface area contributed by atoms with Gasteiger partial charge in [-0.15, -0.1) is 0 Å². The normalized spacial score (nSPS) is 19.8. The molecule has 0 spiro atoms. The highest BCUT2D eigenvalue weighted by Crippen LogP contribution is 2.33. The maximum Gasteiger partial charge on any atom is 0.293 e. The molecule has 8 nitrogen and oxygen atoms in total. The van der Waals surface area contributed by atoms with Crippen LogP contribution >= 0.6 is 0 Å². The first-order chi connectivity index (χ1) is 13.6. The van der Waals surface area contributed by atoms with Gasteiger partial charge in [0.1, 0.15) is 5.69 Å². The third-order valence-electron chi connectivity index (χ3n) is 4.84. The molecule has 156 valence electrons. The number of anilines is 2. The Morgan fingerprint density at radius 3 is 2.34 bits per heavy atom. The van der Waals surface area contributed by atoms with E-state index in [2.05, 4.69) is 4.72 Å². The number of sulfonamides is 1. The van der Waals surface area contributed by atoms with E-state index in [1.165, 1.54) is 12.1 Å². The molecule has 1 aliphatic rings. The number of rotatable bonds is 5. The van der Waals surface area contributed by atoms with Crippen molar-refractivity contribution in [2.24, 2.45) is 0 Å². The molecule has 0 saturated carbocycles. The number of nitro groups is 1. The highest BCUT2D eigenvalue weighted by atomic mass is 32.2. The number of hydrogen-bond donors (Lipinski definition) is 1. The quantitative estimate of drug-likeness (QED) is 0.587. The average Bonchev–Trinajstić information content (AvgIpc) is 2.62. The summed E-state index contributed by atoms with van der Waals surface area (Å²) < 4.78 is 33.9. The van der Waals surface area contributed by atoms with Gasteiger partial charge >= 0.3 is 0 Å². The van der Waals surface area contributed by atoms with Crippen molar-refractivity contribution in [2.45, 2.75) is 44.8 Å². The van der Waals surface area contributed by atoms with Crippen molar-refractivity contribution in [1.82, 2.24) is 0 Å². The van der Waals surface area contributed by atoms with Crippen molar-refractivity contribution < 1.29 is 18.1 Å². The third-order valence-corrected chi connectivity index (χ3v) is 6.20. The summed E-state index contributed by atoms with van der Waals surface area (Å²) in [6, 6.07) is 9.37. The van der Waals surface area contributed by atoms with Gasteiger partial charge in [-0.2, -0.15) is 0 Å². The molecule has 2 aromatic rings. The van der Waals surface area contributed by atoms with Crippen LogP contribution in [0.3, 0.4) is 0 Å². The smallest absolute Gasteiger partial charge is 0.293 e. The van der Waals surface area contributed by atoms with E-state index >= 15 is 0 Å². The number of nitro benzene ring substituents is 1. The van der Waals surface area contributed by atoms with Crippen LogP contribution in [0.1, 0.15) is 25.0 Å². The van der Waals surface area contributed by atoms with E-state index in [1.807, 2.05) is 31.7 Å². The predicted octanol–water partition coefficient (Wildman–Crippen LogP) is 3.63. The first-order valence-corrected chi connectivity index (χ1v) is 10.8. The lowest BCUT2D eigenvalue weighted by Crippen LogP contribution is -2.45. The number of ether oxygens (including phenoxy) is 1. The summed E-state index contributed by atoms with van der Waals surface area (Å²) in [5, 5.41) is 11.7. The zero-order valence-electron chi connectivity index (χ0n) is 16.9.